The molecule has 0 unspecified atom stereocenters. The summed E-state index contributed by atoms with van der Waals surface area (Å²) in [6, 6.07) is 33.2. The fraction of sp³-hybridized carbons (Fsp3) is 0.212. The Bertz CT molecular complexity index is 1700. The number of aryl methyl sites for hydroxylation is 1. The lowest BCUT2D eigenvalue weighted by Crippen LogP contribution is -2.34. The smallest absolute Gasteiger partial charge is 0.178 e. The summed E-state index contributed by atoms with van der Waals surface area (Å²) < 4.78 is 2.56. The van der Waals surface area contributed by atoms with Crippen molar-refractivity contribution in [1.29, 1.82) is 0 Å². The molecule has 1 fully saturated rings. The van der Waals surface area contributed by atoms with Gasteiger partial charge in [0.25, 0.3) is 0 Å². The van der Waals surface area contributed by atoms with E-state index in [9.17, 15) is 0 Å². The topological polar surface area (TPSA) is 49.7 Å². The Labute approximate surface area is 222 Å². The molecule has 5 nitrogen and oxygen atoms in total. The predicted molar refractivity (Wildman–Crippen MR) is 155 cm³/mol. The van der Waals surface area contributed by atoms with Gasteiger partial charge in [0.15, 0.2) is 5.65 Å². The Balaban J connectivity index is 1.08. The van der Waals surface area contributed by atoms with Crippen molar-refractivity contribution in [2.45, 2.75) is 32.4 Å². The van der Waals surface area contributed by atoms with Crippen molar-refractivity contribution in [1.82, 2.24) is 24.4 Å². The number of nitrogens with zero attached hydrogens (tertiary/aromatic N) is 4. The number of nitrogens with one attached hydrogen (secondary N) is 1. The van der Waals surface area contributed by atoms with Crippen LogP contribution in [0.1, 0.15) is 30.1 Å². The molecule has 0 amide bonds. The number of rotatable bonds is 5. The maximum atomic E-state index is 4.93. The van der Waals surface area contributed by atoms with E-state index in [0.717, 1.165) is 53.2 Å². The molecule has 1 saturated heterocycles. The van der Waals surface area contributed by atoms with Crippen LogP contribution < -0.4 is 0 Å². The number of pyridine rings is 1. The zero-order valence-electron chi connectivity index (χ0n) is 21.6. The van der Waals surface area contributed by atoms with Crippen LogP contribution in [0.4, 0.5) is 0 Å². The number of benzene rings is 3. The number of hydrogen-bond donors (Lipinski definition) is 1. The van der Waals surface area contributed by atoms with Crippen molar-refractivity contribution in [3.05, 3.63) is 109 Å². The van der Waals surface area contributed by atoms with Crippen LogP contribution in [-0.2, 0) is 6.54 Å². The van der Waals surface area contributed by atoms with E-state index in [1.54, 1.807) is 6.33 Å². The van der Waals surface area contributed by atoms with E-state index in [1.165, 1.54) is 35.0 Å². The first-order chi connectivity index (χ1) is 18.7. The van der Waals surface area contributed by atoms with Crippen molar-refractivity contribution in [2.75, 3.05) is 13.1 Å². The number of H-pyrrole nitrogens is 1. The van der Waals surface area contributed by atoms with Gasteiger partial charge in [-0.05, 0) is 54.5 Å². The van der Waals surface area contributed by atoms with Gasteiger partial charge >= 0.3 is 0 Å². The van der Waals surface area contributed by atoms with Crippen molar-refractivity contribution >= 4 is 22.1 Å². The summed E-state index contributed by atoms with van der Waals surface area (Å²) in [5.74, 6) is 0. The van der Waals surface area contributed by atoms with Crippen LogP contribution in [0.2, 0.25) is 0 Å². The first-order valence-corrected chi connectivity index (χ1v) is 13.5. The second kappa shape index (κ2) is 9.58. The van der Waals surface area contributed by atoms with Gasteiger partial charge < -0.3 is 9.55 Å². The largest absolute Gasteiger partial charge is 0.343 e. The number of aromatic amines is 1. The Morgan fingerprint density at radius 2 is 1.61 bits per heavy atom. The maximum Gasteiger partial charge on any atom is 0.178 e. The number of piperidine rings is 1. The summed E-state index contributed by atoms with van der Waals surface area (Å²) in [6.45, 7) is 5.47. The third-order valence-electron chi connectivity index (χ3n) is 7.99. The van der Waals surface area contributed by atoms with Gasteiger partial charge in [-0.15, -0.1) is 0 Å². The molecular weight excluding hydrogens is 466 g/mol. The van der Waals surface area contributed by atoms with Crippen LogP contribution in [0, 0.1) is 6.92 Å². The van der Waals surface area contributed by atoms with Crippen LogP contribution in [0.25, 0.3) is 44.5 Å². The van der Waals surface area contributed by atoms with Gasteiger partial charge in [-0.2, -0.15) is 0 Å². The Kier molecular flexibility index (Phi) is 5.78. The second-order valence-corrected chi connectivity index (χ2v) is 10.4. The van der Waals surface area contributed by atoms with Crippen molar-refractivity contribution < 1.29 is 0 Å². The minimum absolute atomic E-state index is 0.577. The average molecular weight is 498 g/mol. The molecule has 3 aromatic heterocycles. The molecule has 188 valence electrons. The number of para-hydroxylation sites is 1. The minimum atomic E-state index is 0.577. The summed E-state index contributed by atoms with van der Waals surface area (Å²) in [4.78, 5) is 15.1. The van der Waals surface area contributed by atoms with Gasteiger partial charge in [-0.25, -0.2) is 9.97 Å². The maximum absolute atomic E-state index is 4.93. The monoisotopic (exact) mass is 497 g/mol. The molecule has 6 aromatic rings. The van der Waals surface area contributed by atoms with Crippen molar-refractivity contribution in [3.63, 3.8) is 0 Å². The zero-order valence-corrected chi connectivity index (χ0v) is 21.6. The lowest BCUT2D eigenvalue weighted by molar-refractivity contribution is 0.181. The highest BCUT2D eigenvalue weighted by molar-refractivity contribution is 5.88. The summed E-state index contributed by atoms with van der Waals surface area (Å²) >= 11 is 0. The molecule has 0 atom stereocenters. The molecule has 1 aliphatic rings. The highest BCUT2D eigenvalue weighted by Crippen LogP contribution is 2.34. The fourth-order valence-electron chi connectivity index (χ4n) is 6.09. The highest BCUT2D eigenvalue weighted by atomic mass is 15.2. The minimum Gasteiger partial charge on any atom is -0.343 e. The van der Waals surface area contributed by atoms with E-state index in [-0.39, 0.29) is 0 Å². The predicted octanol–water partition coefficient (Wildman–Crippen LogP) is 7.39. The van der Waals surface area contributed by atoms with Crippen LogP contribution in [0.5, 0.6) is 0 Å². The standard InChI is InChI=1S/C33H31N5/c1-23-19-27-9-5-6-10-31(27)38(23)28-15-17-37(18-16-28)21-24-11-13-26(14-12-24)32-29(25-7-3-2-4-8-25)20-30-33(36-32)35-22-34-30/h2-14,19-20,22,28H,15-18,21H2,1H3,(H,34,35,36). The average Bonchev–Trinajstić information content (AvgIpc) is 3.56. The molecule has 3 aromatic carbocycles. The number of fused-ring (bicyclic) bond motifs is 2. The van der Waals surface area contributed by atoms with E-state index in [2.05, 4.69) is 111 Å². The van der Waals surface area contributed by atoms with Crippen LogP contribution in [-0.4, -0.2) is 37.5 Å². The molecule has 7 rings (SSSR count). The van der Waals surface area contributed by atoms with Gasteiger partial charge in [0.05, 0.1) is 17.5 Å². The first-order valence-electron chi connectivity index (χ1n) is 13.5. The Morgan fingerprint density at radius 1 is 0.842 bits per heavy atom. The molecule has 0 bridgehead atoms. The molecular formula is C33H31N5. The van der Waals surface area contributed by atoms with E-state index in [4.69, 9.17) is 4.98 Å². The Hall–Kier alpha value is -4.22. The highest BCUT2D eigenvalue weighted by Gasteiger charge is 2.23. The molecule has 5 heteroatoms. The number of likely N-dealkylation sites (tertiary alicyclic amines) is 1. The van der Waals surface area contributed by atoms with Gasteiger partial charge in [0.2, 0.25) is 0 Å². The second-order valence-electron chi connectivity index (χ2n) is 10.4. The fourth-order valence-corrected chi connectivity index (χ4v) is 6.09. The van der Waals surface area contributed by atoms with Gasteiger partial charge in [0.1, 0.15) is 0 Å². The van der Waals surface area contributed by atoms with E-state index >= 15 is 0 Å². The number of hydrogen-bond acceptors (Lipinski definition) is 3. The van der Waals surface area contributed by atoms with Gasteiger partial charge in [-0.1, -0.05) is 72.8 Å². The Morgan fingerprint density at radius 3 is 2.42 bits per heavy atom. The van der Waals surface area contributed by atoms with E-state index in [0.29, 0.717) is 6.04 Å². The van der Waals surface area contributed by atoms with Crippen molar-refractivity contribution in [3.8, 4) is 22.4 Å². The lowest BCUT2D eigenvalue weighted by atomic mass is 9.98. The molecule has 0 radical (unpaired) electrons. The SMILES string of the molecule is Cc1cc2ccccc2n1C1CCN(Cc2ccc(-c3nc4nc[nH]c4cc3-c3ccccc3)cc2)CC1. The van der Waals surface area contributed by atoms with Crippen LogP contribution >= 0.6 is 0 Å². The van der Waals surface area contributed by atoms with E-state index < -0.39 is 0 Å². The zero-order chi connectivity index (χ0) is 25.5. The molecule has 1 aliphatic heterocycles. The summed E-state index contributed by atoms with van der Waals surface area (Å²) in [5.41, 5.74) is 10.1. The summed E-state index contributed by atoms with van der Waals surface area (Å²) in [5, 5.41) is 1.35. The molecule has 0 spiro atoms. The molecule has 38 heavy (non-hydrogen) atoms. The normalized spacial score (nSPS) is 15.0. The van der Waals surface area contributed by atoms with Crippen LogP contribution in [0.15, 0.2) is 97.3 Å². The quantitative estimate of drug-likeness (QED) is 0.270. The molecule has 0 aliphatic carbocycles. The number of imidazole rings is 1. The third-order valence-corrected chi connectivity index (χ3v) is 7.99. The molecule has 1 N–H and O–H groups in total. The van der Waals surface area contributed by atoms with Gasteiger partial charge in [0, 0.05) is 48.0 Å². The molecule has 0 saturated carbocycles. The molecule has 4 heterocycles. The van der Waals surface area contributed by atoms with Crippen LogP contribution in [0.3, 0.4) is 0 Å². The summed E-state index contributed by atoms with van der Waals surface area (Å²) in [7, 11) is 0. The number of aromatic nitrogens is 4. The summed E-state index contributed by atoms with van der Waals surface area (Å²) in [6.07, 6.45) is 4.08. The first kappa shape index (κ1) is 22.9. The van der Waals surface area contributed by atoms with Crippen molar-refractivity contribution in [2.24, 2.45) is 0 Å². The van der Waals surface area contributed by atoms with Gasteiger partial charge in [-0.3, -0.25) is 4.90 Å². The third kappa shape index (κ3) is 4.19. The van der Waals surface area contributed by atoms with E-state index in [1.807, 2.05) is 6.07 Å². The lowest BCUT2D eigenvalue weighted by Gasteiger charge is -2.34.